The van der Waals surface area contributed by atoms with Crippen molar-refractivity contribution in [3.63, 3.8) is 0 Å². The molecule has 2 aromatic carbocycles. The maximum absolute atomic E-state index is 12.6. The number of nitrogens with zero attached hydrogens (tertiary/aromatic N) is 1. The van der Waals surface area contributed by atoms with Crippen LogP contribution in [0.1, 0.15) is 15.9 Å². The van der Waals surface area contributed by atoms with E-state index in [9.17, 15) is 18.0 Å². The summed E-state index contributed by atoms with van der Waals surface area (Å²) in [6.07, 6.45) is -2.20. The quantitative estimate of drug-likeness (QED) is 0.640. The van der Waals surface area contributed by atoms with Crippen LogP contribution in [-0.4, -0.2) is 11.3 Å². The first-order chi connectivity index (χ1) is 10.5. The van der Waals surface area contributed by atoms with Crippen molar-refractivity contribution in [3.05, 3.63) is 65.9 Å². The number of hydrogen-bond donors (Lipinski definition) is 0. The Balaban J connectivity index is 2.12. The van der Waals surface area contributed by atoms with E-state index in [-0.39, 0.29) is 0 Å². The standard InChI is InChI=1S/C17H10F3NO/c18-17(19,20)14-6-4-12(5-7-14)15-3-1-2-13-8-11(10-22)9-21-16(13)15/h1-10H. The number of alkyl halides is 3. The Morgan fingerprint density at radius 3 is 2.36 bits per heavy atom. The molecule has 0 spiro atoms. The molecule has 0 amide bonds. The molecule has 0 unspecified atom stereocenters. The fraction of sp³-hybridized carbons (Fsp3) is 0.0588. The Kier molecular flexibility index (Phi) is 3.41. The summed E-state index contributed by atoms with van der Waals surface area (Å²) in [4.78, 5) is 15.0. The van der Waals surface area contributed by atoms with Crippen molar-refractivity contribution in [2.75, 3.05) is 0 Å². The van der Waals surface area contributed by atoms with E-state index in [0.29, 0.717) is 22.9 Å². The second kappa shape index (κ2) is 5.26. The van der Waals surface area contributed by atoms with Gasteiger partial charge >= 0.3 is 6.18 Å². The van der Waals surface area contributed by atoms with Gasteiger partial charge in [-0.05, 0) is 23.8 Å². The van der Waals surface area contributed by atoms with Crippen LogP contribution in [0.3, 0.4) is 0 Å². The third-order valence-corrected chi connectivity index (χ3v) is 3.39. The number of aldehydes is 1. The zero-order valence-corrected chi connectivity index (χ0v) is 11.3. The molecule has 0 aliphatic rings. The van der Waals surface area contributed by atoms with Gasteiger partial charge in [0.15, 0.2) is 6.29 Å². The van der Waals surface area contributed by atoms with E-state index in [1.54, 1.807) is 18.2 Å². The van der Waals surface area contributed by atoms with Crippen LogP contribution in [0, 0.1) is 0 Å². The van der Waals surface area contributed by atoms with E-state index in [1.165, 1.54) is 18.3 Å². The van der Waals surface area contributed by atoms with Crippen molar-refractivity contribution in [1.82, 2.24) is 4.98 Å². The second-order valence-electron chi connectivity index (χ2n) is 4.84. The molecule has 0 saturated heterocycles. The van der Waals surface area contributed by atoms with Crippen LogP contribution in [0.5, 0.6) is 0 Å². The number of carbonyl (C=O) groups is 1. The Morgan fingerprint density at radius 2 is 1.73 bits per heavy atom. The highest BCUT2D eigenvalue weighted by Gasteiger charge is 2.30. The minimum atomic E-state index is -4.35. The molecule has 0 aliphatic carbocycles. The molecule has 0 fully saturated rings. The molecular formula is C17H10F3NO. The highest BCUT2D eigenvalue weighted by molar-refractivity contribution is 5.95. The Morgan fingerprint density at radius 1 is 1.00 bits per heavy atom. The van der Waals surface area contributed by atoms with Crippen molar-refractivity contribution in [1.29, 1.82) is 0 Å². The fourth-order valence-electron chi connectivity index (χ4n) is 2.31. The van der Waals surface area contributed by atoms with E-state index in [2.05, 4.69) is 4.98 Å². The number of aromatic nitrogens is 1. The third kappa shape index (κ3) is 2.57. The van der Waals surface area contributed by atoms with Crippen molar-refractivity contribution >= 4 is 17.2 Å². The van der Waals surface area contributed by atoms with Crippen LogP contribution in [0.15, 0.2) is 54.7 Å². The molecule has 22 heavy (non-hydrogen) atoms. The lowest BCUT2D eigenvalue weighted by atomic mass is 10.00. The third-order valence-electron chi connectivity index (χ3n) is 3.39. The fourth-order valence-corrected chi connectivity index (χ4v) is 2.31. The number of para-hydroxylation sites is 1. The lowest BCUT2D eigenvalue weighted by molar-refractivity contribution is -0.137. The number of halogens is 3. The lowest BCUT2D eigenvalue weighted by Gasteiger charge is -2.09. The van der Waals surface area contributed by atoms with Gasteiger partial charge in [0.1, 0.15) is 0 Å². The van der Waals surface area contributed by atoms with E-state index in [4.69, 9.17) is 0 Å². The maximum Gasteiger partial charge on any atom is 0.416 e. The summed E-state index contributed by atoms with van der Waals surface area (Å²) in [5, 5.41) is 0.766. The molecule has 2 nitrogen and oxygen atoms in total. The monoisotopic (exact) mass is 301 g/mol. The van der Waals surface area contributed by atoms with Gasteiger partial charge in [-0.1, -0.05) is 30.3 Å². The van der Waals surface area contributed by atoms with Crippen molar-refractivity contribution in [3.8, 4) is 11.1 Å². The Hall–Kier alpha value is -2.69. The number of pyridine rings is 1. The van der Waals surface area contributed by atoms with Crippen molar-refractivity contribution < 1.29 is 18.0 Å². The summed E-state index contributed by atoms with van der Waals surface area (Å²) in [5.74, 6) is 0. The van der Waals surface area contributed by atoms with Crippen molar-refractivity contribution in [2.24, 2.45) is 0 Å². The first-order valence-electron chi connectivity index (χ1n) is 6.50. The number of fused-ring (bicyclic) bond motifs is 1. The van der Waals surface area contributed by atoms with Crippen LogP contribution in [0.2, 0.25) is 0 Å². The first kappa shape index (κ1) is 14.3. The van der Waals surface area contributed by atoms with Gasteiger partial charge in [0, 0.05) is 22.7 Å². The molecular weight excluding hydrogens is 291 g/mol. The molecule has 0 aliphatic heterocycles. The zero-order valence-electron chi connectivity index (χ0n) is 11.3. The zero-order chi connectivity index (χ0) is 15.7. The lowest BCUT2D eigenvalue weighted by Crippen LogP contribution is -2.04. The smallest absolute Gasteiger partial charge is 0.298 e. The number of benzene rings is 2. The molecule has 0 saturated carbocycles. The van der Waals surface area contributed by atoms with Crippen LogP contribution in [0.25, 0.3) is 22.0 Å². The summed E-state index contributed by atoms with van der Waals surface area (Å²) in [6, 6.07) is 12.0. The second-order valence-corrected chi connectivity index (χ2v) is 4.84. The summed E-state index contributed by atoms with van der Waals surface area (Å²) >= 11 is 0. The molecule has 5 heteroatoms. The van der Waals surface area contributed by atoms with Crippen LogP contribution in [0.4, 0.5) is 13.2 Å². The predicted octanol–water partition coefficient (Wildman–Crippen LogP) is 4.73. The summed E-state index contributed by atoms with van der Waals surface area (Å²) in [5.41, 5.74) is 1.78. The van der Waals surface area contributed by atoms with Gasteiger partial charge < -0.3 is 0 Å². The normalized spacial score (nSPS) is 11.6. The minimum Gasteiger partial charge on any atom is -0.298 e. The van der Waals surface area contributed by atoms with Crippen LogP contribution < -0.4 is 0 Å². The van der Waals surface area contributed by atoms with Gasteiger partial charge in [-0.25, -0.2) is 0 Å². The molecule has 1 heterocycles. The average molecular weight is 301 g/mol. The SMILES string of the molecule is O=Cc1cnc2c(-c3ccc(C(F)(F)F)cc3)cccc2c1. The molecule has 0 N–H and O–H groups in total. The molecule has 0 bridgehead atoms. The predicted molar refractivity (Wildman–Crippen MR) is 77.6 cm³/mol. The first-order valence-corrected chi connectivity index (χ1v) is 6.50. The molecule has 3 rings (SSSR count). The van der Waals surface area contributed by atoms with E-state index in [0.717, 1.165) is 23.1 Å². The molecule has 1 aromatic heterocycles. The Labute approximate surface area is 124 Å². The number of hydrogen-bond acceptors (Lipinski definition) is 2. The maximum atomic E-state index is 12.6. The van der Waals surface area contributed by atoms with Gasteiger partial charge in [-0.2, -0.15) is 13.2 Å². The Bertz CT molecular complexity index is 839. The highest BCUT2D eigenvalue weighted by Crippen LogP contribution is 2.32. The van der Waals surface area contributed by atoms with E-state index >= 15 is 0 Å². The minimum absolute atomic E-state index is 0.456. The summed E-state index contributed by atoms with van der Waals surface area (Å²) < 4.78 is 37.8. The number of rotatable bonds is 2. The molecule has 110 valence electrons. The van der Waals surface area contributed by atoms with Gasteiger partial charge in [0.25, 0.3) is 0 Å². The largest absolute Gasteiger partial charge is 0.416 e. The molecule has 0 atom stereocenters. The average Bonchev–Trinajstić information content (AvgIpc) is 2.53. The highest BCUT2D eigenvalue weighted by atomic mass is 19.4. The summed E-state index contributed by atoms with van der Waals surface area (Å²) in [6.45, 7) is 0. The van der Waals surface area contributed by atoms with Crippen molar-refractivity contribution in [2.45, 2.75) is 6.18 Å². The molecule has 3 aromatic rings. The van der Waals surface area contributed by atoms with E-state index in [1.807, 2.05) is 6.07 Å². The van der Waals surface area contributed by atoms with Gasteiger partial charge in [0.2, 0.25) is 0 Å². The van der Waals surface area contributed by atoms with Crippen LogP contribution in [-0.2, 0) is 6.18 Å². The molecule has 0 radical (unpaired) electrons. The van der Waals surface area contributed by atoms with E-state index < -0.39 is 11.7 Å². The van der Waals surface area contributed by atoms with Crippen LogP contribution >= 0.6 is 0 Å². The van der Waals surface area contributed by atoms with Gasteiger partial charge in [-0.3, -0.25) is 9.78 Å². The van der Waals surface area contributed by atoms with Gasteiger partial charge in [0.05, 0.1) is 11.1 Å². The topological polar surface area (TPSA) is 30.0 Å². The van der Waals surface area contributed by atoms with Gasteiger partial charge in [-0.15, -0.1) is 0 Å². The summed E-state index contributed by atoms with van der Waals surface area (Å²) in [7, 11) is 0. The number of carbonyl (C=O) groups excluding carboxylic acids is 1.